The van der Waals surface area contributed by atoms with Crippen LogP contribution in [0.5, 0.6) is 0 Å². The van der Waals surface area contributed by atoms with E-state index < -0.39 is 0 Å². The number of amidine groups is 1. The number of nitrogens with zero attached hydrogens (tertiary/aromatic N) is 2. The van der Waals surface area contributed by atoms with Crippen molar-refractivity contribution in [3.8, 4) is 0 Å². The summed E-state index contributed by atoms with van der Waals surface area (Å²) in [6.45, 7) is 8.95. The van der Waals surface area contributed by atoms with Crippen molar-refractivity contribution in [1.29, 1.82) is 0 Å². The molecule has 0 bridgehead atoms. The van der Waals surface area contributed by atoms with Gasteiger partial charge in [0.25, 0.3) is 0 Å². The van der Waals surface area contributed by atoms with E-state index in [0.29, 0.717) is 0 Å². The van der Waals surface area contributed by atoms with Crippen LogP contribution < -0.4 is 0 Å². The second-order valence-corrected chi connectivity index (χ2v) is 4.98. The maximum Gasteiger partial charge on any atom is 0.111 e. The number of para-hydroxylation sites is 1. The molecule has 0 aliphatic carbocycles. The van der Waals surface area contributed by atoms with Crippen LogP contribution in [-0.2, 0) is 0 Å². The van der Waals surface area contributed by atoms with Gasteiger partial charge in [0.05, 0.1) is 5.69 Å². The lowest BCUT2D eigenvalue weighted by Gasteiger charge is -2.23. The van der Waals surface area contributed by atoms with E-state index in [2.05, 4.69) is 37.8 Å². The Morgan fingerprint density at radius 2 is 1.94 bits per heavy atom. The maximum atomic E-state index is 4.81. The lowest BCUT2D eigenvalue weighted by atomic mass is 9.91. The van der Waals surface area contributed by atoms with Crippen molar-refractivity contribution >= 4 is 11.5 Å². The predicted octanol–water partition coefficient (Wildman–Crippen LogP) is 3.47. The van der Waals surface area contributed by atoms with Gasteiger partial charge in [-0.15, -0.1) is 0 Å². The van der Waals surface area contributed by atoms with Gasteiger partial charge in [-0.05, 0) is 25.5 Å². The average Bonchev–Trinajstić information content (AvgIpc) is 2.56. The summed E-state index contributed by atoms with van der Waals surface area (Å²) in [6, 6.07) is 10.2. The van der Waals surface area contributed by atoms with Crippen LogP contribution in [0.3, 0.4) is 0 Å². The number of hydrogen-bond donors (Lipinski definition) is 0. The smallest absolute Gasteiger partial charge is 0.111 e. The van der Waals surface area contributed by atoms with Crippen molar-refractivity contribution in [2.24, 2.45) is 10.4 Å². The Bertz CT molecular complexity index is 379. The molecule has 0 N–H and O–H groups in total. The number of hydrogen-bond acceptors (Lipinski definition) is 1. The molecule has 0 amide bonds. The molecule has 0 spiro atoms. The molecule has 0 aromatic heterocycles. The zero-order valence-electron chi connectivity index (χ0n) is 10.4. The third-order valence-corrected chi connectivity index (χ3v) is 3.28. The molecule has 1 aliphatic rings. The minimum Gasteiger partial charge on any atom is -0.360 e. The molecule has 16 heavy (non-hydrogen) atoms. The molecule has 1 aromatic rings. The standard InChI is InChI=1S/C14H20N2/c1-4-16-11-10-14(2,3)13(16)15-12-8-6-5-7-9-12/h5-9H,4,10-11H2,1-3H3. The Labute approximate surface area is 98.0 Å². The molecule has 0 atom stereocenters. The first-order valence-corrected chi connectivity index (χ1v) is 6.02. The topological polar surface area (TPSA) is 15.6 Å². The molecular weight excluding hydrogens is 196 g/mol. The molecule has 1 saturated heterocycles. The van der Waals surface area contributed by atoms with E-state index in [-0.39, 0.29) is 5.41 Å². The lowest BCUT2D eigenvalue weighted by molar-refractivity contribution is 0.472. The third kappa shape index (κ3) is 2.11. The Kier molecular flexibility index (Phi) is 2.99. The molecule has 2 rings (SSSR count). The van der Waals surface area contributed by atoms with Crippen LogP contribution >= 0.6 is 0 Å². The summed E-state index contributed by atoms with van der Waals surface area (Å²) < 4.78 is 0. The second kappa shape index (κ2) is 4.28. The van der Waals surface area contributed by atoms with E-state index in [1.807, 2.05) is 18.2 Å². The first kappa shape index (κ1) is 11.2. The largest absolute Gasteiger partial charge is 0.360 e. The number of rotatable bonds is 2. The van der Waals surface area contributed by atoms with Gasteiger partial charge in [0.1, 0.15) is 5.84 Å². The second-order valence-electron chi connectivity index (χ2n) is 4.98. The lowest BCUT2D eigenvalue weighted by Crippen LogP contribution is -2.30. The van der Waals surface area contributed by atoms with E-state index in [1.54, 1.807) is 0 Å². The fourth-order valence-electron chi connectivity index (χ4n) is 2.21. The van der Waals surface area contributed by atoms with Gasteiger partial charge in [-0.2, -0.15) is 0 Å². The van der Waals surface area contributed by atoms with E-state index >= 15 is 0 Å². The van der Waals surface area contributed by atoms with Crippen molar-refractivity contribution in [1.82, 2.24) is 4.90 Å². The zero-order valence-corrected chi connectivity index (χ0v) is 10.4. The van der Waals surface area contributed by atoms with E-state index in [9.17, 15) is 0 Å². The molecule has 2 nitrogen and oxygen atoms in total. The SMILES string of the molecule is CCN1CCC(C)(C)C1=Nc1ccccc1. The number of likely N-dealkylation sites (tertiary alicyclic amines) is 1. The average molecular weight is 216 g/mol. The fourth-order valence-corrected chi connectivity index (χ4v) is 2.21. The van der Waals surface area contributed by atoms with Crippen LogP contribution in [0, 0.1) is 5.41 Å². The van der Waals surface area contributed by atoms with Gasteiger partial charge in [-0.25, -0.2) is 4.99 Å². The van der Waals surface area contributed by atoms with Gasteiger partial charge in [-0.3, -0.25) is 0 Å². The highest BCUT2D eigenvalue weighted by molar-refractivity contribution is 5.91. The van der Waals surface area contributed by atoms with E-state index in [4.69, 9.17) is 4.99 Å². The highest BCUT2D eigenvalue weighted by Gasteiger charge is 2.35. The minimum absolute atomic E-state index is 0.214. The van der Waals surface area contributed by atoms with Gasteiger partial charge in [-0.1, -0.05) is 32.0 Å². The summed E-state index contributed by atoms with van der Waals surface area (Å²) in [6.07, 6.45) is 1.20. The summed E-state index contributed by atoms with van der Waals surface area (Å²) in [7, 11) is 0. The van der Waals surface area contributed by atoms with Crippen molar-refractivity contribution in [2.75, 3.05) is 13.1 Å². The summed E-state index contributed by atoms with van der Waals surface area (Å²) in [5.74, 6) is 1.24. The van der Waals surface area contributed by atoms with Crippen LogP contribution in [0.15, 0.2) is 35.3 Å². The summed E-state index contributed by atoms with van der Waals surface area (Å²) in [5.41, 5.74) is 1.28. The first-order valence-electron chi connectivity index (χ1n) is 6.02. The maximum absolute atomic E-state index is 4.81. The first-order chi connectivity index (χ1) is 7.63. The summed E-state index contributed by atoms with van der Waals surface area (Å²) >= 11 is 0. The summed E-state index contributed by atoms with van der Waals surface area (Å²) in [5, 5.41) is 0. The molecule has 1 heterocycles. The molecule has 86 valence electrons. The third-order valence-electron chi connectivity index (χ3n) is 3.28. The molecule has 0 radical (unpaired) electrons. The van der Waals surface area contributed by atoms with Gasteiger partial charge in [0.2, 0.25) is 0 Å². The number of aliphatic imine (C=N–C) groups is 1. The molecule has 1 aromatic carbocycles. The van der Waals surface area contributed by atoms with Crippen molar-refractivity contribution < 1.29 is 0 Å². The quantitative estimate of drug-likeness (QED) is 0.739. The highest BCUT2D eigenvalue weighted by atomic mass is 15.2. The van der Waals surface area contributed by atoms with Gasteiger partial charge >= 0.3 is 0 Å². The van der Waals surface area contributed by atoms with Crippen molar-refractivity contribution in [3.05, 3.63) is 30.3 Å². The molecular formula is C14H20N2. The van der Waals surface area contributed by atoms with E-state index in [0.717, 1.165) is 18.8 Å². The molecule has 1 aliphatic heterocycles. The minimum atomic E-state index is 0.214. The van der Waals surface area contributed by atoms with E-state index in [1.165, 1.54) is 12.3 Å². The van der Waals surface area contributed by atoms with Crippen LogP contribution in [0.2, 0.25) is 0 Å². The van der Waals surface area contributed by atoms with Gasteiger partial charge in [0.15, 0.2) is 0 Å². The van der Waals surface area contributed by atoms with Crippen LogP contribution in [0.4, 0.5) is 5.69 Å². The van der Waals surface area contributed by atoms with Crippen molar-refractivity contribution in [3.63, 3.8) is 0 Å². The highest BCUT2D eigenvalue weighted by Crippen LogP contribution is 2.33. The van der Waals surface area contributed by atoms with Crippen LogP contribution in [0.25, 0.3) is 0 Å². The Hall–Kier alpha value is -1.31. The van der Waals surface area contributed by atoms with Crippen molar-refractivity contribution in [2.45, 2.75) is 27.2 Å². The fraction of sp³-hybridized carbons (Fsp3) is 0.500. The summed E-state index contributed by atoms with van der Waals surface area (Å²) in [4.78, 5) is 7.19. The van der Waals surface area contributed by atoms with Gasteiger partial charge < -0.3 is 4.90 Å². The zero-order chi connectivity index (χ0) is 11.6. The molecule has 0 unspecified atom stereocenters. The molecule has 2 heteroatoms. The van der Waals surface area contributed by atoms with Crippen LogP contribution in [-0.4, -0.2) is 23.8 Å². The Balaban J connectivity index is 2.33. The monoisotopic (exact) mass is 216 g/mol. The predicted molar refractivity (Wildman–Crippen MR) is 69.2 cm³/mol. The molecule has 1 fully saturated rings. The number of benzene rings is 1. The van der Waals surface area contributed by atoms with Crippen LogP contribution in [0.1, 0.15) is 27.2 Å². The Morgan fingerprint density at radius 1 is 1.25 bits per heavy atom. The van der Waals surface area contributed by atoms with Gasteiger partial charge in [0, 0.05) is 18.5 Å². The normalized spacial score (nSPS) is 21.7. The Morgan fingerprint density at radius 3 is 2.56 bits per heavy atom. The molecule has 0 saturated carbocycles.